The van der Waals surface area contributed by atoms with Crippen LogP contribution in [0.25, 0.3) is 16.7 Å². The molecule has 38 heavy (non-hydrogen) atoms. The third kappa shape index (κ3) is 4.68. The Bertz CT molecular complexity index is 1680. The SMILES string of the molecule is CN(C)Cc1cc(F)c(Nc2nc3ncc(Oc4cnn5ccnc(Cl)c45)c(Cl)c3n2C)cc1C(F)(F)F. The fraction of sp³-hybridized carbons (Fsp3) is 0.217. The molecular formula is C23H18Cl2F4N8O. The normalized spacial score (nSPS) is 12.2. The Balaban J connectivity index is 1.52. The van der Waals surface area contributed by atoms with Gasteiger partial charge in [-0.25, -0.2) is 18.9 Å². The Hall–Kier alpha value is -3.68. The number of rotatable bonds is 6. The predicted molar refractivity (Wildman–Crippen MR) is 134 cm³/mol. The van der Waals surface area contributed by atoms with Gasteiger partial charge in [-0.05, 0) is 31.8 Å². The number of nitrogens with zero attached hydrogens (tertiary/aromatic N) is 7. The summed E-state index contributed by atoms with van der Waals surface area (Å²) < 4.78 is 64.9. The summed E-state index contributed by atoms with van der Waals surface area (Å²) >= 11 is 12.8. The van der Waals surface area contributed by atoms with Gasteiger partial charge in [0.25, 0.3) is 0 Å². The lowest BCUT2D eigenvalue weighted by atomic mass is 10.0. The molecule has 4 aromatic heterocycles. The number of aromatic nitrogens is 6. The van der Waals surface area contributed by atoms with E-state index in [0.29, 0.717) is 11.0 Å². The van der Waals surface area contributed by atoms with Crippen LogP contribution in [0.1, 0.15) is 11.1 Å². The van der Waals surface area contributed by atoms with E-state index in [9.17, 15) is 17.6 Å². The number of hydrogen-bond donors (Lipinski definition) is 1. The molecule has 15 heteroatoms. The van der Waals surface area contributed by atoms with Gasteiger partial charge in [-0.1, -0.05) is 23.2 Å². The maximum absolute atomic E-state index is 14.9. The van der Waals surface area contributed by atoms with Crippen molar-refractivity contribution in [2.75, 3.05) is 19.4 Å². The van der Waals surface area contributed by atoms with Gasteiger partial charge in [-0.3, -0.25) is 0 Å². The number of benzene rings is 1. The molecule has 0 saturated carbocycles. The summed E-state index contributed by atoms with van der Waals surface area (Å²) in [6.07, 6.45) is 1.14. The summed E-state index contributed by atoms with van der Waals surface area (Å²) in [6, 6.07) is 1.58. The number of anilines is 2. The molecule has 0 fully saturated rings. The highest BCUT2D eigenvalue weighted by atomic mass is 35.5. The maximum atomic E-state index is 14.9. The van der Waals surface area contributed by atoms with Crippen LogP contribution < -0.4 is 10.1 Å². The third-order valence-corrected chi connectivity index (χ3v) is 6.25. The first-order valence-electron chi connectivity index (χ1n) is 10.9. The van der Waals surface area contributed by atoms with E-state index in [4.69, 9.17) is 27.9 Å². The van der Waals surface area contributed by atoms with Crippen LogP contribution in [0.2, 0.25) is 10.2 Å². The van der Waals surface area contributed by atoms with E-state index in [1.807, 2.05) is 0 Å². The van der Waals surface area contributed by atoms with Crippen molar-refractivity contribution >= 4 is 51.5 Å². The number of hydrogen-bond acceptors (Lipinski definition) is 7. The molecule has 5 rings (SSSR count). The molecule has 0 spiro atoms. The summed E-state index contributed by atoms with van der Waals surface area (Å²) in [4.78, 5) is 14.0. The lowest BCUT2D eigenvalue weighted by molar-refractivity contribution is -0.138. The zero-order chi connectivity index (χ0) is 27.4. The molecule has 0 aliphatic heterocycles. The second-order valence-corrected chi connectivity index (χ2v) is 9.31. The Morgan fingerprint density at radius 2 is 1.84 bits per heavy atom. The highest BCUT2D eigenvalue weighted by Gasteiger charge is 2.35. The van der Waals surface area contributed by atoms with Crippen LogP contribution in [0, 0.1) is 5.82 Å². The van der Waals surface area contributed by atoms with Crippen LogP contribution in [-0.4, -0.2) is 48.1 Å². The Morgan fingerprint density at radius 1 is 1.08 bits per heavy atom. The number of aryl methyl sites for hydroxylation is 1. The number of imidazole rings is 1. The van der Waals surface area contributed by atoms with Gasteiger partial charge in [-0.15, -0.1) is 0 Å². The molecule has 0 saturated heterocycles. The van der Waals surface area contributed by atoms with E-state index in [1.165, 1.54) is 32.6 Å². The molecule has 4 heterocycles. The molecule has 0 amide bonds. The lowest BCUT2D eigenvalue weighted by Gasteiger charge is -2.18. The molecule has 0 atom stereocenters. The first-order chi connectivity index (χ1) is 17.9. The van der Waals surface area contributed by atoms with Gasteiger partial charge in [0.05, 0.1) is 23.6 Å². The maximum Gasteiger partial charge on any atom is 0.416 e. The molecular weight excluding hydrogens is 551 g/mol. The van der Waals surface area contributed by atoms with Crippen molar-refractivity contribution in [1.82, 2.24) is 34.0 Å². The molecule has 0 bridgehead atoms. The number of fused-ring (bicyclic) bond motifs is 2. The summed E-state index contributed by atoms with van der Waals surface area (Å²) in [7, 11) is 4.74. The van der Waals surface area contributed by atoms with E-state index in [0.717, 1.165) is 12.1 Å². The van der Waals surface area contributed by atoms with E-state index in [2.05, 4.69) is 25.4 Å². The lowest BCUT2D eigenvalue weighted by Crippen LogP contribution is -2.17. The van der Waals surface area contributed by atoms with Crippen LogP contribution in [0.4, 0.5) is 29.2 Å². The van der Waals surface area contributed by atoms with Crippen molar-refractivity contribution in [3.05, 3.63) is 64.0 Å². The summed E-state index contributed by atoms with van der Waals surface area (Å²) in [6.45, 7) is -0.0887. The molecule has 1 aromatic carbocycles. The van der Waals surface area contributed by atoms with E-state index >= 15 is 0 Å². The van der Waals surface area contributed by atoms with E-state index in [-0.39, 0.29) is 45.4 Å². The highest BCUT2D eigenvalue weighted by molar-refractivity contribution is 6.36. The van der Waals surface area contributed by atoms with Crippen LogP contribution in [-0.2, 0) is 19.8 Å². The number of ether oxygens (including phenoxy) is 1. The molecule has 9 nitrogen and oxygen atoms in total. The van der Waals surface area contributed by atoms with Crippen molar-refractivity contribution in [2.24, 2.45) is 7.05 Å². The zero-order valence-corrected chi connectivity index (χ0v) is 21.5. The first kappa shape index (κ1) is 25.9. The van der Waals surface area contributed by atoms with Gasteiger partial charge >= 0.3 is 6.18 Å². The Morgan fingerprint density at radius 3 is 2.55 bits per heavy atom. The van der Waals surface area contributed by atoms with Crippen molar-refractivity contribution < 1.29 is 22.3 Å². The monoisotopic (exact) mass is 568 g/mol. The van der Waals surface area contributed by atoms with Crippen LogP contribution >= 0.6 is 23.2 Å². The summed E-state index contributed by atoms with van der Waals surface area (Å²) in [5.74, 6) is -0.445. The molecule has 0 aliphatic carbocycles. The summed E-state index contributed by atoms with van der Waals surface area (Å²) in [5, 5.41) is 7.05. The van der Waals surface area contributed by atoms with Gasteiger partial charge in [0.1, 0.15) is 21.9 Å². The minimum absolute atomic E-state index is 0.0159. The van der Waals surface area contributed by atoms with Gasteiger partial charge in [0.15, 0.2) is 22.3 Å². The largest absolute Gasteiger partial charge is 0.450 e. The van der Waals surface area contributed by atoms with Gasteiger partial charge in [0.2, 0.25) is 5.95 Å². The molecule has 0 unspecified atom stereocenters. The number of alkyl halides is 3. The van der Waals surface area contributed by atoms with Gasteiger partial charge in [-0.2, -0.15) is 23.3 Å². The van der Waals surface area contributed by atoms with Crippen molar-refractivity contribution in [3.63, 3.8) is 0 Å². The van der Waals surface area contributed by atoms with Crippen molar-refractivity contribution in [2.45, 2.75) is 12.7 Å². The number of pyridine rings is 1. The standard InChI is InChI=1S/C23H18Cl2F4N8O/c1-35(2)10-11-6-13(26)14(7-12(11)23(27,28)29)33-22-34-21-19(36(22)3)17(24)15(8-31-21)38-16-9-32-37-5-4-30-20(25)18(16)37/h4-9H,10H2,1-3H3,(H,31,33,34). The number of halogens is 6. The highest BCUT2D eigenvalue weighted by Crippen LogP contribution is 2.39. The number of nitrogens with one attached hydrogen (secondary N) is 1. The predicted octanol–water partition coefficient (Wildman–Crippen LogP) is 6.07. The minimum Gasteiger partial charge on any atom is -0.450 e. The molecule has 5 aromatic rings. The van der Waals surface area contributed by atoms with Gasteiger partial charge < -0.3 is 19.5 Å². The summed E-state index contributed by atoms with van der Waals surface area (Å²) in [5.41, 5.74) is -0.682. The fourth-order valence-electron chi connectivity index (χ4n) is 3.93. The molecule has 198 valence electrons. The average Bonchev–Trinajstić information content (AvgIpc) is 3.38. The Labute approximate surface area is 222 Å². The smallest absolute Gasteiger partial charge is 0.416 e. The Kier molecular flexibility index (Phi) is 6.53. The van der Waals surface area contributed by atoms with E-state index in [1.54, 1.807) is 27.3 Å². The van der Waals surface area contributed by atoms with Crippen LogP contribution in [0.15, 0.2) is 36.9 Å². The van der Waals surface area contributed by atoms with Crippen LogP contribution in [0.3, 0.4) is 0 Å². The zero-order valence-electron chi connectivity index (χ0n) is 20.0. The van der Waals surface area contributed by atoms with Crippen LogP contribution in [0.5, 0.6) is 11.5 Å². The first-order valence-corrected chi connectivity index (χ1v) is 11.7. The minimum atomic E-state index is -4.69. The fourth-order valence-corrected chi connectivity index (χ4v) is 4.47. The van der Waals surface area contributed by atoms with Gasteiger partial charge in [0, 0.05) is 26.0 Å². The third-order valence-electron chi connectivity index (χ3n) is 5.61. The quantitative estimate of drug-likeness (QED) is 0.249. The van der Waals surface area contributed by atoms with E-state index < -0.39 is 23.2 Å². The topological polar surface area (TPSA) is 85.4 Å². The molecule has 1 N–H and O–H groups in total. The molecule has 0 radical (unpaired) electrons. The second kappa shape index (κ2) is 9.57. The molecule has 0 aliphatic rings. The van der Waals surface area contributed by atoms with Crippen molar-refractivity contribution in [3.8, 4) is 11.5 Å². The second-order valence-electron chi connectivity index (χ2n) is 8.57. The van der Waals surface area contributed by atoms with Crippen molar-refractivity contribution in [1.29, 1.82) is 0 Å². The average molecular weight is 569 g/mol.